The summed E-state index contributed by atoms with van der Waals surface area (Å²) in [6, 6.07) is 25.7. The molecule has 3 aromatic carbocycles. The van der Waals surface area contributed by atoms with E-state index >= 15 is 0 Å². The number of carbonyl (C=O) groups is 2. The number of hydrogen-bond donors (Lipinski definition) is 0. The van der Waals surface area contributed by atoms with Crippen molar-refractivity contribution in [2.24, 2.45) is 5.92 Å². The van der Waals surface area contributed by atoms with Gasteiger partial charge in [-0.15, -0.1) is 0 Å². The molecule has 4 rings (SSSR count). The summed E-state index contributed by atoms with van der Waals surface area (Å²) < 4.78 is 11.5. The molecule has 2 amide bonds. The van der Waals surface area contributed by atoms with Crippen LogP contribution < -0.4 is 4.74 Å². The lowest BCUT2D eigenvalue weighted by Gasteiger charge is -2.26. The summed E-state index contributed by atoms with van der Waals surface area (Å²) in [5.74, 6) is 0.362. The van der Waals surface area contributed by atoms with Crippen LogP contribution in [0.5, 0.6) is 5.75 Å². The van der Waals surface area contributed by atoms with E-state index in [0.29, 0.717) is 6.61 Å². The van der Waals surface area contributed by atoms with Crippen LogP contribution in [-0.4, -0.2) is 29.5 Å². The molecule has 0 unspecified atom stereocenters. The zero-order chi connectivity index (χ0) is 24.1. The quantitative estimate of drug-likeness (QED) is 0.410. The maximum Gasteiger partial charge on any atom is 0.416 e. The number of hydrogen-bond acceptors (Lipinski definition) is 4. The normalized spacial score (nSPS) is 16.4. The molecule has 0 radical (unpaired) electrons. The minimum atomic E-state index is -0.555. The monoisotopic (exact) mass is 457 g/mol. The summed E-state index contributed by atoms with van der Waals surface area (Å²) in [7, 11) is 0. The van der Waals surface area contributed by atoms with Gasteiger partial charge in [-0.05, 0) is 30.0 Å². The molecule has 34 heavy (non-hydrogen) atoms. The van der Waals surface area contributed by atoms with Crippen molar-refractivity contribution in [1.82, 2.24) is 4.90 Å². The van der Waals surface area contributed by atoms with Crippen molar-refractivity contribution < 1.29 is 19.1 Å². The number of imide groups is 1. The van der Waals surface area contributed by atoms with Crippen molar-refractivity contribution in [1.29, 1.82) is 0 Å². The van der Waals surface area contributed by atoms with Crippen LogP contribution in [0.25, 0.3) is 0 Å². The van der Waals surface area contributed by atoms with E-state index in [0.717, 1.165) is 28.0 Å². The number of rotatable bonds is 8. The van der Waals surface area contributed by atoms with E-state index in [1.165, 1.54) is 4.90 Å². The fourth-order valence-electron chi connectivity index (χ4n) is 4.39. The van der Waals surface area contributed by atoms with Crippen LogP contribution in [0.3, 0.4) is 0 Å². The third-order valence-corrected chi connectivity index (χ3v) is 6.30. The summed E-state index contributed by atoms with van der Waals surface area (Å²) in [5.41, 5.74) is 4.08. The Morgan fingerprint density at radius 2 is 1.71 bits per heavy atom. The SMILES string of the molecule is Cc1ccc(OCc2ccccc2)c([C@@H](CC(=O)N2C(=O)OC[C@@H]2C(C)C)c2ccccc2)c1. The van der Waals surface area contributed by atoms with Gasteiger partial charge in [0.05, 0.1) is 6.04 Å². The molecule has 0 aromatic heterocycles. The highest BCUT2D eigenvalue weighted by Crippen LogP contribution is 2.37. The largest absolute Gasteiger partial charge is 0.489 e. The standard InChI is InChI=1S/C29H31NO4/c1-20(2)26-19-34-29(32)30(26)28(31)17-24(23-12-8-5-9-13-23)25-16-21(3)14-15-27(25)33-18-22-10-6-4-7-11-22/h4-16,20,24,26H,17-19H2,1-3H3/t24-,26+/m0/s1. The number of amides is 2. The van der Waals surface area contributed by atoms with Gasteiger partial charge < -0.3 is 9.47 Å². The third kappa shape index (κ3) is 5.30. The molecule has 1 fully saturated rings. The zero-order valence-corrected chi connectivity index (χ0v) is 19.9. The first-order valence-corrected chi connectivity index (χ1v) is 11.7. The van der Waals surface area contributed by atoms with Gasteiger partial charge in [0.1, 0.15) is 19.0 Å². The van der Waals surface area contributed by atoms with E-state index < -0.39 is 6.09 Å². The zero-order valence-electron chi connectivity index (χ0n) is 19.9. The molecule has 1 aliphatic heterocycles. The highest BCUT2D eigenvalue weighted by atomic mass is 16.6. The number of cyclic esters (lactones) is 1. The van der Waals surface area contributed by atoms with Crippen molar-refractivity contribution in [3.05, 3.63) is 101 Å². The molecule has 0 N–H and O–H groups in total. The first-order chi connectivity index (χ1) is 16.4. The Bertz CT molecular complexity index is 1130. The average molecular weight is 458 g/mol. The van der Waals surface area contributed by atoms with E-state index in [4.69, 9.17) is 9.47 Å². The molecule has 1 aliphatic rings. The minimum absolute atomic E-state index is 0.120. The Morgan fingerprint density at radius 3 is 2.38 bits per heavy atom. The molecule has 1 saturated heterocycles. The van der Waals surface area contributed by atoms with Crippen molar-refractivity contribution >= 4 is 12.0 Å². The van der Waals surface area contributed by atoms with E-state index in [1.54, 1.807) is 0 Å². The Kier molecular flexibility index (Phi) is 7.31. The molecule has 176 valence electrons. The second-order valence-corrected chi connectivity index (χ2v) is 9.13. The predicted molar refractivity (Wildman–Crippen MR) is 132 cm³/mol. The minimum Gasteiger partial charge on any atom is -0.489 e. The Hall–Kier alpha value is -3.60. The van der Waals surface area contributed by atoms with E-state index in [2.05, 4.69) is 6.07 Å². The highest BCUT2D eigenvalue weighted by Gasteiger charge is 2.40. The first-order valence-electron chi connectivity index (χ1n) is 11.7. The molecular weight excluding hydrogens is 426 g/mol. The van der Waals surface area contributed by atoms with Gasteiger partial charge in [0, 0.05) is 17.9 Å². The molecule has 0 saturated carbocycles. The van der Waals surface area contributed by atoms with Gasteiger partial charge in [-0.1, -0.05) is 92.2 Å². The van der Waals surface area contributed by atoms with Gasteiger partial charge in [0.15, 0.2) is 0 Å². The molecular formula is C29H31NO4. The van der Waals surface area contributed by atoms with Gasteiger partial charge in [-0.25, -0.2) is 9.69 Å². The van der Waals surface area contributed by atoms with E-state index in [9.17, 15) is 9.59 Å². The molecule has 0 spiro atoms. The first kappa shape index (κ1) is 23.6. The van der Waals surface area contributed by atoms with Crippen LogP contribution in [0.15, 0.2) is 78.9 Å². The Morgan fingerprint density at radius 1 is 1.03 bits per heavy atom. The Labute approximate surface area is 201 Å². The van der Waals surface area contributed by atoms with Crippen LogP contribution >= 0.6 is 0 Å². The summed E-state index contributed by atoms with van der Waals surface area (Å²) >= 11 is 0. The van der Waals surface area contributed by atoms with Crippen molar-refractivity contribution in [2.45, 2.75) is 45.8 Å². The fourth-order valence-corrected chi connectivity index (χ4v) is 4.39. The van der Waals surface area contributed by atoms with Gasteiger partial charge >= 0.3 is 6.09 Å². The smallest absolute Gasteiger partial charge is 0.416 e. The molecule has 3 aromatic rings. The van der Waals surface area contributed by atoms with Crippen molar-refractivity contribution in [2.75, 3.05) is 6.61 Å². The van der Waals surface area contributed by atoms with Gasteiger partial charge in [0.2, 0.25) is 5.91 Å². The molecule has 2 atom stereocenters. The lowest BCUT2D eigenvalue weighted by molar-refractivity contribution is -0.130. The average Bonchev–Trinajstić information content (AvgIpc) is 3.24. The molecule has 5 nitrogen and oxygen atoms in total. The lowest BCUT2D eigenvalue weighted by atomic mass is 9.86. The van der Waals surface area contributed by atoms with Crippen molar-refractivity contribution in [3.63, 3.8) is 0 Å². The van der Waals surface area contributed by atoms with Crippen LogP contribution in [0.2, 0.25) is 0 Å². The number of benzene rings is 3. The Balaban J connectivity index is 1.67. The molecule has 5 heteroatoms. The predicted octanol–water partition coefficient (Wildman–Crippen LogP) is 6.10. The van der Waals surface area contributed by atoms with E-state index in [-0.39, 0.29) is 36.8 Å². The second kappa shape index (κ2) is 10.6. The van der Waals surface area contributed by atoms with Crippen molar-refractivity contribution in [3.8, 4) is 5.75 Å². The van der Waals surface area contributed by atoms with Crippen LogP contribution in [-0.2, 0) is 16.1 Å². The fraction of sp³-hybridized carbons (Fsp3) is 0.310. The maximum atomic E-state index is 13.5. The van der Waals surface area contributed by atoms with Crippen LogP contribution in [0.4, 0.5) is 4.79 Å². The van der Waals surface area contributed by atoms with E-state index in [1.807, 2.05) is 93.6 Å². The lowest BCUT2D eigenvalue weighted by Crippen LogP contribution is -2.42. The number of nitrogens with zero attached hydrogens (tertiary/aromatic N) is 1. The summed E-state index contributed by atoms with van der Waals surface area (Å²) in [6.07, 6.45) is -0.409. The van der Waals surface area contributed by atoms with Gasteiger partial charge in [-0.3, -0.25) is 4.79 Å². The third-order valence-electron chi connectivity index (χ3n) is 6.30. The van der Waals surface area contributed by atoms with Crippen LogP contribution in [0.1, 0.15) is 48.4 Å². The maximum absolute atomic E-state index is 13.5. The number of ether oxygens (including phenoxy) is 2. The number of carbonyl (C=O) groups excluding carboxylic acids is 2. The summed E-state index contributed by atoms with van der Waals surface area (Å²) in [5, 5.41) is 0. The van der Waals surface area contributed by atoms with Gasteiger partial charge in [-0.2, -0.15) is 0 Å². The number of aryl methyl sites for hydroxylation is 1. The summed E-state index contributed by atoms with van der Waals surface area (Å²) in [6.45, 7) is 6.70. The highest BCUT2D eigenvalue weighted by molar-refractivity contribution is 5.94. The topological polar surface area (TPSA) is 55.8 Å². The van der Waals surface area contributed by atoms with Crippen LogP contribution in [0, 0.1) is 12.8 Å². The molecule has 0 bridgehead atoms. The molecule has 0 aliphatic carbocycles. The summed E-state index contributed by atoms with van der Waals surface area (Å²) in [4.78, 5) is 27.2. The molecule has 1 heterocycles. The van der Waals surface area contributed by atoms with Gasteiger partial charge in [0.25, 0.3) is 0 Å². The second-order valence-electron chi connectivity index (χ2n) is 9.13.